The molecule has 2 rings (SSSR count). The molecule has 2 atom stereocenters. The van der Waals surface area contributed by atoms with Crippen LogP contribution in [0.4, 0.5) is 0 Å². The number of oxime groups is 1. The Hall–Kier alpha value is -2.08. The number of amidine groups is 1. The first-order chi connectivity index (χ1) is 9.60. The lowest BCUT2D eigenvalue weighted by Crippen LogP contribution is -2.30. The van der Waals surface area contributed by atoms with Crippen molar-refractivity contribution in [2.75, 3.05) is 6.61 Å². The number of amides is 1. The Labute approximate surface area is 117 Å². The van der Waals surface area contributed by atoms with Crippen LogP contribution in [-0.2, 0) is 16.1 Å². The average molecular weight is 277 g/mol. The number of carbonyl (C=O) groups is 1. The van der Waals surface area contributed by atoms with Gasteiger partial charge in [-0.3, -0.25) is 4.79 Å². The van der Waals surface area contributed by atoms with Crippen molar-refractivity contribution in [1.82, 2.24) is 5.32 Å². The van der Waals surface area contributed by atoms with Gasteiger partial charge < -0.3 is 21.0 Å². The maximum atomic E-state index is 12.0. The van der Waals surface area contributed by atoms with Gasteiger partial charge in [0.05, 0.1) is 18.6 Å². The summed E-state index contributed by atoms with van der Waals surface area (Å²) in [7, 11) is 0. The molecular weight excluding hydrogens is 258 g/mol. The SMILES string of the molecule is CC1CC(C(=O)NCc2cccc(/C(N)=N/O)c2)CO1. The minimum Gasteiger partial charge on any atom is -0.409 e. The van der Waals surface area contributed by atoms with Gasteiger partial charge in [0.15, 0.2) is 5.84 Å². The van der Waals surface area contributed by atoms with Crippen LogP contribution in [-0.4, -0.2) is 29.7 Å². The molecule has 20 heavy (non-hydrogen) atoms. The predicted molar refractivity (Wildman–Crippen MR) is 74.3 cm³/mol. The highest BCUT2D eigenvalue weighted by Crippen LogP contribution is 2.19. The van der Waals surface area contributed by atoms with Gasteiger partial charge in [0, 0.05) is 12.1 Å². The Morgan fingerprint density at radius 1 is 1.60 bits per heavy atom. The van der Waals surface area contributed by atoms with Crippen LogP contribution in [0.25, 0.3) is 0 Å². The first-order valence-corrected chi connectivity index (χ1v) is 6.56. The molecule has 0 aromatic heterocycles. The molecule has 108 valence electrons. The summed E-state index contributed by atoms with van der Waals surface area (Å²) in [6.07, 6.45) is 0.908. The summed E-state index contributed by atoms with van der Waals surface area (Å²) in [4.78, 5) is 12.0. The number of rotatable bonds is 4. The number of carbonyl (C=O) groups excluding carboxylic acids is 1. The summed E-state index contributed by atoms with van der Waals surface area (Å²) in [5.74, 6) is -0.0167. The molecule has 0 radical (unpaired) electrons. The van der Waals surface area contributed by atoms with Gasteiger partial charge in [-0.25, -0.2) is 0 Å². The molecule has 6 nitrogen and oxygen atoms in total. The van der Waals surface area contributed by atoms with Crippen molar-refractivity contribution in [2.45, 2.75) is 26.0 Å². The van der Waals surface area contributed by atoms with Gasteiger partial charge in [-0.15, -0.1) is 0 Å². The van der Waals surface area contributed by atoms with E-state index in [1.807, 2.05) is 13.0 Å². The monoisotopic (exact) mass is 277 g/mol. The van der Waals surface area contributed by atoms with E-state index in [1.165, 1.54) is 0 Å². The molecular formula is C14H19N3O3. The molecule has 1 aromatic carbocycles. The summed E-state index contributed by atoms with van der Waals surface area (Å²) >= 11 is 0. The predicted octanol–water partition coefficient (Wildman–Crippen LogP) is 0.822. The number of nitrogens with zero attached hydrogens (tertiary/aromatic N) is 1. The third-order valence-electron chi connectivity index (χ3n) is 3.37. The molecule has 2 unspecified atom stereocenters. The van der Waals surface area contributed by atoms with Gasteiger partial charge >= 0.3 is 0 Å². The van der Waals surface area contributed by atoms with Crippen molar-refractivity contribution in [3.05, 3.63) is 35.4 Å². The van der Waals surface area contributed by atoms with Crippen LogP contribution in [0.2, 0.25) is 0 Å². The quantitative estimate of drug-likeness (QED) is 0.328. The van der Waals surface area contributed by atoms with E-state index in [0.29, 0.717) is 18.7 Å². The van der Waals surface area contributed by atoms with Crippen molar-refractivity contribution < 1.29 is 14.7 Å². The van der Waals surface area contributed by atoms with E-state index in [-0.39, 0.29) is 23.8 Å². The van der Waals surface area contributed by atoms with Crippen LogP contribution in [0.1, 0.15) is 24.5 Å². The maximum absolute atomic E-state index is 12.0. The second kappa shape index (κ2) is 6.38. The Morgan fingerprint density at radius 2 is 2.40 bits per heavy atom. The van der Waals surface area contributed by atoms with Crippen molar-refractivity contribution in [2.24, 2.45) is 16.8 Å². The lowest BCUT2D eigenvalue weighted by Gasteiger charge is -2.10. The second-order valence-corrected chi connectivity index (χ2v) is 4.98. The number of hydrogen-bond donors (Lipinski definition) is 3. The van der Waals surface area contributed by atoms with Gasteiger partial charge in [0.1, 0.15) is 0 Å². The standard InChI is InChI=1S/C14H19N3O3/c1-9-5-12(8-20-9)14(18)16-7-10-3-2-4-11(6-10)13(15)17-19/h2-4,6,9,12,19H,5,7-8H2,1H3,(H2,15,17)(H,16,18). The molecule has 1 fully saturated rings. The fourth-order valence-electron chi connectivity index (χ4n) is 2.23. The number of hydrogen-bond acceptors (Lipinski definition) is 4. The fourth-order valence-corrected chi connectivity index (χ4v) is 2.23. The molecule has 0 bridgehead atoms. The van der Waals surface area contributed by atoms with E-state index in [0.717, 1.165) is 12.0 Å². The van der Waals surface area contributed by atoms with Crippen molar-refractivity contribution in [3.8, 4) is 0 Å². The first kappa shape index (κ1) is 14.3. The van der Waals surface area contributed by atoms with Crippen LogP contribution >= 0.6 is 0 Å². The van der Waals surface area contributed by atoms with Gasteiger partial charge in [0.2, 0.25) is 5.91 Å². The number of nitrogens with one attached hydrogen (secondary N) is 1. The molecule has 0 saturated carbocycles. The molecule has 1 aliphatic rings. The topological polar surface area (TPSA) is 96.9 Å². The molecule has 0 spiro atoms. The van der Waals surface area contributed by atoms with Crippen LogP contribution in [0, 0.1) is 5.92 Å². The van der Waals surface area contributed by atoms with E-state index in [4.69, 9.17) is 15.7 Å². The first-order valence-electron chi connectivity index (χ1n) is 6.56. The number of benzene rings is 1. The van der Waals surface area contributed by atoms with Crippen molar-refractivity contribution >= 4 is 11.7 Å². The number of ether oxygens (including phenoxy) is 1. The highest BCUT2D eigenvalue weighted by Gasteiger charge is 2.27. The summed E-state index contributed by atoms with van der Waals surface area (Å²) in [5.41, 5.74) is 7.05. The maximum Gasteiger partial charge on any atom is 0.225 e. The summed E-state index contributed by atoms with van der Waals surface area (Å²) in [5, 5.41) is 14.5. The van der Waals surface area contributed by atoms with E-state index >= 15 is 0 Å². The van der Waals surface area contributed by atoms with Crippen molar-refractivity contribution in [1.29, 1.82) is 0 Å². The highest BCUT2D eigenvalue weighted by atomic mass is 16.5. The minimum absolute atomic E-state index is 0.00329. The number of nitrogens with two attached hydrogens (primary N) is 1. The lowest BCUT2D eigenvalue weighted by molar-refractivity contribution is -0.125. The molecule has 1 aliphatic heterocycles. The highest BCUT2D eigenvalue weighted by molar-refractivity contribution is 5.97. The molecule has 6 heteroatoms. The molecule has 1 amide bonds. The van der Waals surface area contributed by atoms with Crippen LogP contribution < -0.4 is 11.1 Å². The average Bonchev–Trinajstić information content (AvgIpc) is 2.91. The smallest absolute Gasteiger partial charge is 0.225 e. The lowest BCUT2D eigenvalue weighted by atomic mass is 10.1. The molecule has 1 aromatic rings. The third kappa shape index (κ3) is 3.48. The Balaban J connectivity index is 1.92. The van der Waals surface area contributed by atoms with E-state index < -0.39 is 0 Å². The molecule has 4 N–H and O–H groups in total. The van der Waals surface area contributed by atoms with Crippen LogP contribution in [0.5, 0.6) is 0 Å². The zero-order chi connectivity index (χ0) is 14.5. The summed E-state index contributed by atoms with van der Waals surface area (Å²) in [6.45, 7) is 2.86. The fraction of sp³-hybridized carbons (Fsp3) is 0.429. The normalized spacial score (nSPS) is 22.8. The third-order valence-corrected chi connectivity index (χ3v) is 3.37. The van der Waals surface area contributed by atoms with Gasteiger partial charge in [0.25, 0.3) is 0 Å². The molecule has 1 heterocycles. The largest absolute Gasteiger partial charge is 0.409 e. The Kier molecular flexibility index (Phi) is 4.57. The van der Waals surface area contributed by atoms with Crippen LogP contribution in [0.3, 0.4) is 0 Å². The van der Waals surface area contributed by atoms with Crippen molar-refractivity contribution in [3.63, 3.8) is 0 Å². The zero-order valence-electron chi connectivity index (χ0n) is 11.4. The van der Waals surface area contributed by atoms with Gasteiger partial charge in [-0.1, -0.05) is 23.4 Å². The summed E-state index contributed by atoms with van der Waals surface area (Å²) in [6, 6.07) is 7.20. The van der Waals surface area contributed by atoms with E-state index in [2.05, 4.69) is 10.5 Å². The van der Waals surface area contributed by atoms with Crippen LogP contribution in [0.15, 0.2) is 29.4 Å². The minimum atomic E-state index is -0.0720. The van der Waals surface area contributed by atoms with Gasteiger partial charge in [-0.05, 0) is 25.0 Å². The van der Waals surface area contributed by atoms with Gasteiger partial charge in [-0.2, -0.15) is 0 Å². The van der Waals surface area contributed by atoms with E-state index in [1.54, 1.807) is 18.2 Å². The molecule has 1 saturated heterocycles. The molecule has 0 aliphatic carbocycles. The Bertz CT molecular complexity index is 516. The second-order valence-electron chi connectivity index (χ2n) is 4.98. The Morgan fingerprint density at radius 3 is 3.05 bits per heavy atom. The summed E-state index contributed by atoms with van der Waals surface area (Å²) < 4.78 is 5.38. The van der Waals surface area contributed by atoms with E-state index in [9.17, 15) is 4.79 Å². The zero-order valence-corrected chi connectivity index (χ0v) is 11.4.